The van der Waals surface area contributed by atoms with Gasteiger partial charge in [-0.25, -0.2) is 4.39 Å². The summed E-state index contributed by atoms with van der Waals surface area (Å²) in [6.45, 7) is 6.07. The number of piperazine rings is 1. The van der Waals surface area contributed by atoms with Crippen LogP contribution < -0.4 is 4.74 Å². The van der Waals surface area contributed by atoms with Gasteiger partial charge in [0.25, 0.3) is 0 Å². The van der Waals surface area contributed by atoms with E-state index in [1.165, 1.54) is 23.1 Å². The first-order valence-corrected chi connectivity index (χ1v) is 12.3. The van der Waals surface area contributed by atoms with Crippen LogP contribution in [0.15, 0.2) is 54.7 Å². The van der Waals surface area contributed by atoms with Gasteiger partial charge in [0.2, 0.25) is 5.91 Å². The van der Waals surface area contributed by atoms with Crippen molar-refractivity contribution in [3.63, 3.8) is 0 Å². The molecule has 7 nitrogen and oxygen atoms in total. The molecule has 1 unspecified atom stereocenters. The molecule has 1 aromatic heterocycles. The first-order valence-electron chi connectivity index (χ1n) is 12.3. The SMILES string of the molecule is CN1CCN(C(=O)CC2(COc3ccc(F)cc3)CN(Cc3ccc4cc[nH]c4c3)CCO2)CC1. The number of H-pyrrole nitrogens is 1. The van der Waals surface area contributed by atoms with Crippen LogP contribution >= 0.6 is 0 Å². The van der Waals surface area contributed by atoms with Crippen molar-refractivity contribution in [3.8, 4) is 5.75 Å². The van der Waals surface area contributed by atoms with E-state index in [-0.39, 0.29) is 24.8 Å². The third-order valence-corrected chi connectivity index (χ3v) is 7.00. The quantitative estimate of drug-likeness (QED) is 0.563. The standard InChI is InChI=1S/C27H33FN4O3/c1-30-10-12-32(13-11-30)26(33)17-27(20-34-24-6-4-23(28)5-7-24)19-31(14-15-35-27)18-21-2-3-22-8-9-29-25(22)16-21/h2-9,16,29H,10-15,17-20H2,1H3. The zero-order valence-electron chi connectivity index (χ0n) is 20.2. The van der Waals surface area contributed by atoms with E-state index in [4.69, 9.17) is 9.47 Å². The lowest BCUT2D eigenvalue weighted by Crippen LogP contribution is -2.58. The Balaban J connectivity index is 1.31. The molecule has 8 heteroatoms. The summed E-state index contributed by atoms with van der Waals surface area (Å²) in [5.74, 6) is 0.350. The van der Waals surface area contributed by atoms with Gasteiger partial charge >= 0.3 is 0 Å². The first-order chi connectivity index (χ1) is 17.0. The number of carbonyl (C=O) groups excluding carboxylic acids is 1. The molecular weight excluding hydrogens is 447 g/mol. The second-order valence-electron chi connectivity index (χ2n) is 9.74. The maximum Gasteiger partial charge on any atom is 0.225 e. The predicted octanol–water partition coefficient (Wildman–Crippen LogP) is 3.12. The van der Waals surface area contributed by atoms with Gasteiger partial charge < -0.3 is 24.3 Å². The number of benzene rings is 2. The Morgan fingerprint density at radius 2 is 1.89 bits per heavy atom. The molecule has 5 rings (SSSR count). The number of hydrogen-bond donors (Lipinski definition) is 1. The average molecular weight is 481 g/mol. The molecule has 2 saturated heterocycles. The van der Waals surface area contributed by atoms with E-state index in [0.29, 0.717) is 18.9 Å². The van der Waals surface area contributed by atoms with Gasteiger partial charge in [0, 0.05) is 57.5 Å². The molecule has 186 valence electrons. The summed E-state index contributed by atoms with van der Waals surface area (Å²) in [6.07, 6.45) is 2.20. The Labute approximate surface area is 205 Å². The van der Waals surface area contributed by atoms with Gasteiger partial charge in [-0.15, -0.1) is 0 Å². The molecule has 1 amide bonds. The molecule has 2 aliphatic rings. The molecule has 1 atom stereocenters. The first kappa shape index (κ1) is 23.8. The van der Waals surface area contributed by atoms with E-state index in [0.717, 1.165) is 44.8 Å². The topological polar surface area (TPSA) is 61.0 Å². The lowest BCUT2D eigenvalue weighted by atomic mass is 9.96. The van der Waals surface area contributed by atoms with Crippen LogP contribution in [-0.2, 0) is 16.1 Å². The number of halogens is 1. The van der Waals surface area contributed by atoms with Crippen LogP contribution in [0.2, 0.25) is 0 Å². The monoisotopic (exact) mass is 480 g/mol. The smallest absolute Gasteiger partial charge is 0.225 e. The van der Waals surface area contributed by atoms with E-state index in [1.54, 1.807) is 12.1 Å². The third kappa shape index (κ3) is 5.83. The average Bonchev–Trinajstić information content (AvgIpc) is 3.32. The van der Waals surface area contributed by atoms with Crippen LogP contribution in [0.1, 0.15) is 12.0 Å². The van der Waals surface area contributed by atoms with Crippen molar-refractivity contribution in [2.24, 2.45) is 0 Å². The number of amides is 1. The molecule has 3 aromatic rings. The van der Waals surface area contributed by atoms with E-state index in [2.05, 4.69) is 46.1 Å². The van der Waals surface area contributed by atoms with Crippen molar-refractivity contribution >= 4 is 16.8 Å². The minimum atomic E-state index is -0.774. The highest BCUT2D eigenvalue weighted by Crippen LogP contribution is 2.27. The summed E-state index contributed by atoms with van der Waals surface area (Å²) in [6, 6.07) is 14.5. The van der Waals surface area contributed by atoms with E-state index in [1.807, 2.05) is 11.1 Å². The zero-order chi connectivity index (χ0) is 24.3. The number of rotatable bonds is 7. The maximum atomic E-state index is 13.4. The molecule has 0 radical (unpaired) electrons. The van der Waals surface area contributed by atoms with Gasteiger partial charge in [0.15, 0.2) is 0 Å². The maximum absolute atomic E-state index is 13.4. The third-order valence-electron chi connectivity index (χ3n) is 7.00. The zero-order valence-corrected chi connectivity index (χ0v) is 20.2. The number of aromatic amines is 1. The summed E-state index contributed by atoms with van der Waals surface area (Å²) in [5.41, 5.74) is 1.55. The molecule has 2 aromatic carbocycles. The van der Waals surface area contributed by atoms with E-state index >= 15 is 0 Å². The van der Waals surface area contributed by atoms with Crippen molar-refractivity contribution < 1.29 is 18.7 Å². The van der Waals surface area contributed by atoms with Crippen molar-refractivity contribution in [3.05, 3.63) is 66.1 Å². The fourth-order valence-electron chi connectivity index (χ4n) is 4.94. The highest BCUT2D eigenvalue weighted by atomic mass is 19.1. The van der Waals surface area contributed by atoms with Gasteiger partial charge in [0.1, 0.15) is 23.8 Å². The van der Waals surface area contributed by atoms with Crippen LogP contribution in [0.3, 0.4) is 0 Å². The van der Waals surface area contributed by atoms with Gasteiger partial charge in [-0.1, -0.05) is 12.1 Å². The second kappa shape index (κ2) is 10.4. The van der Waals surface area contributed by atoms with Crippen molar-refractivity contribution in [1.29, 1.82) is 0 Å². The minimum absolute atomic E-state index is 0.0930. The number of morpholine rings is 1. The number of nitrogens with one attached hydrogen (secondary N) is 1. The summed E-state index contributed by atoms with van der Waals surface area (Å²) in [5, 5.41) is 1.19. The van der Waals surface area contributed by atoms with Crippen LogP contribution in [0.5, 0.6) is 5.75 Å². The van der Waals surface area contributed by atoms with E-state index in [9.17, 15) is 9.18 Å². The number of likely N-dealkylation sites (N-methyl/N-ethyl adjacent to an activating group) is 1. The predicted molar refractivity (Wildman–Crippen MR) is 133 cm³/mol. The number of ether oxygens (including phenoxy) is 2. The normalized spacial score (nSPS) is 21.9. The van der Waals surface area contributed by atoms with Gasteiger partial charge in [0.05, 0.1) is 13.0 Å². The molecule has 2 aliphatic heterocycles. The Morgan fingerprint density at radius 1 is 1.09 bits per heavy atom. The molecule has 0 spiro atoms. The molecule has 0 saturated carbocycles. The highest BCUT2D eigenvalue weighted by molar-refractivity contribution is 5.80. The van der Waals surface area contributed by atoms with Crippen LogP contribution in [-0.4, -0.2) is 90.7 Å². The number of nitrogens with zero attached hydrogens (tertiary/aromatic N) is 3. The molecule has 1 N–H and O–H groups in total. The van der Waals surface area contributed by atoms with Gasteiger partial charge in [-0.05, 0) is 54.4 Å². The molecule has 3 heterocycles. The van der Waals surface area contributed by atoms with E-state index < -0.39 is 5.60 Å². The fraction of sp³-hybridized carbons (Fsp3) is 0.444. The largest absolute Gasteiger partial charge is 0.491 e. The molecular formula is C27H33FN4O3. The molecule has 2 fully saturated rings. The number of aromatic nitrogens is 1. The van der Waals surface area contributed by atoms with Gasteiger partial charge in [-0.3, -0.25) is 9.69 Å². The van der Waals surface area contributed by atoms with Crippen LogP contribution in [0.4, 0.5) is 4.39 Å². The Hall–Kier alpha value is -2.94. The second-order valence-corrected chi connectivity index (χ2v) is 9.74. The summed E-state index contributed by atoms with van der Waals surface area (Å²) in [4.78, 5) is 23.1. The molecule has 35 heavy (non-hydrogen) atoms. The lowest BCUT2D eigenvalue weighted by molar-refractivity contribution is -0.157. The Bertz CT molecular complexity index is 1140. The number of hydrogen-bond acceptors (Lipinski definition) is 5. The number of fused-ring (bicyclic) bond motifs is 1. The molecule has 0 bridgehead atoms. The Morgan fingerprint density at radius 3 is 2.69 bits per heavy atom. The van der Waals surface area contributed by atoms with Crippen LogP contribution in [0, 0.1) is 5.82 Å². The van der Waals surface area contributed by atoms with Crippen molar-refractivity contribution in [1.82, 2.24) is 19.7 Å². The van der Waals surface area contributed by atoms with Gasteiger partial charge in [-0.2, -0.15) is 0 Å². The highest BCUT2D eigenvalue weighted by Gasteiger charge is 2.41. The summed E-state index contributed by atoms with van der Waals surface area (Å²) >= 11 is 0. The number of carbonyl (C=O) groups is 1. The fourth-order valence-corrected chi connectivity index (χ4v) is 4.94. The van der Waals surface area contributed by atoms with Crippen molar-refractivity contribution in [2.45, 2.75) is 18.6 Å². The summed E-state index contributed by atoms with van der Waals surface area (Å²) < 4.78 is 25.7. The lowest BCUT2D eigenvalue weighted by Gasteiger charge is -2.43. The van der Waals surface area contributed by atoms with Crippen LogP contribution in [0.25, 0.3) is 10.9 Å². The minimum Gasteiger partial charge on any atom is -0.491 e. The summed E-state index contributed by atoms with van der Waals surface area (Å²) in [7, 11) is 2.08. The van der Waals surface area contributed by atoms with Crippen molar-refractivity contribution in [2.75, 3.05) is 59.5 Å². The Kier molecular flexibility index (Phi) is 7.04. The molecule has 0 aliphatic carbocycles.